The molecular weight excluding hydrogens is 396 g/mol. The van der Waals surface area contributed by atoms with Crippen molar-refractivity contribution in [2.45, 2.75) is 89.6 Å². The van der Waals surface area contributed by atoms with Crippen molar-refractivity contribution in [3.8, 4) is 5.75 Å². The van der Waals surface area contributed by atoms with Crippen molar-refractivity contribution in [2.24, 2.45) is 17.3 Å². The fourth-order valence-electron chi connectivity index (χ4n) is 6.77. The van der Waals surface area contributed by atoms with Crippen molar-refractivity contribution in [3.63, 3.8) is 0 Å². The summed E-state index contributed by atoms with van der Waals surface area (Å²) in [5.41, 5.74) is 2.71. The number of aryl methyl sites for hydroxylation is 1. The number of rotatable bonds is 3. The molecule has 1 aromatic rings. The fourth-order valence-corrected chi connectivity index (χ4v) is 6.77. The first kappa shape index (κ1) is 21.0. The van der Waals surface area contributed by atoms with Crippen molar-refractivity contribution in [1.29, 1.82) is 0 Å². The van der Waals surface area contributed by atoms with E-state index in [1.165, 1.54) is 11.1 Å². The molecule has 0 spiro atoms. The second-order valence-corrected chi connectivity index (χ2v) is 10.5. The van der Waals surface area contributed by atoms with Gasteiger partial charge >= 0.3 is 11.9 Å². The number of hydrogen-bond donors (Lipinski definition) is 1. The Bertz CT molecular complexity index is 907. The van der Waals surface area contributed by atoms with Crippen LogP contribution in [0.1, 0.15) is 76.3 Å². The third-order valence-electron chi connectivity index (χ3n) is 8.27. The minimum atomic E-state index is -1.00. The first-order valence-corrected chi connectivity index (χ1v) is 11.6. The fraction of sp³-hybridized carbons (Fsp3) is 0.680. The van der Waals surface area contributed by atoms with Gasteiger partial charge in [0, 0.05) is 13.8 Å². The maximum Gasteiger partial charge on any atom is 0.338 e. The van der Waals surface area contributed by atoms with Gasteiger partial charge in [-0.25, -0.2) is 4.79 Å². The number of aliphatic hydroxyl groups excluding tert-OH is 1. The molecule has 168 valence electrons. The van der Waals surface area contributed by atoms with Crippen LogP contribution in [0.4, 0.5) is 0 Å². The van der Waals surface area contributed by atoms with Gasteiger partial charge in [0.25, 0.3) is 0 Å². The Kier molecular flexibility index (Phi) is 4.94. The standard InChI is InChI=1S/C25H32O6/c1-24(2)30-20(23(28)31-24)13-22(27)29-15-5-7-16-14(12-15)4-6-18-17(16)10-11-25(3)19(18)8-9-21(25)26/h5,7,12,17-21,26H,4,6,8-11,13H2,1-3H3/t17?,18?,19?,20-,21+,25+/m1/s1. The maximum atomic E-state index is 12.4. The van der Waals surface area contributed by atoms with Gasteiger partial charge in [-0.05, 0) is 85.0 Å². The summed E-state index contributed by atoms with van der Waals surface area (Å²) in [6.07, 6.45) is 5.10. The maximum absolute atomic E-state index is 12.4. The highest BCUT2D eigenvalue weighted by Crippen LogP contribution is 2.60. The Labute approximate surface area is 183 Å². The van der Waals surface area contributed by atoms with Crippen molar-refractivity contribution in [2.75, 3.05) is 0 Å². The molecule has 1 N–H and O–H groups in total. The van der Waals surface area contributed by atoms with E-state index in [1.54, 1.807) is 13.8 Å². The monoisotopic (exact) mass is 428 g/mol. The molecule has 6 nitrogen and oxygen atoms in total. The molecule has 3 unspecified atom stereocenters. The van der Waals surface area contributed by atoms with Crippen LogP contribution in [0.2, 0.25) is 0 Å². The van der Waals surface area contributed by atoms with Crippen molar-refractivity contribution in [3.05, 3.63) is 29.3 Å². The SMILES string of the molecule is CC1(C)OC(=O)[C@@H](CC(=O)Oc2ccc3c(c2)CCC2C3CC[C@@]3(C)C2CC[C@@H]3O)O1. The van der Waals surface area contributed by atoms with Crippen LogP contribution >= 0.6 is 0 Å². The number of aliphatic hydroxyl groups is 1. The van der Waals surface area contributed by atoms with Crippen molar-refractivity contribution in [1.82, 2.24) is 0 Å². The molecule has 0 aromatic heterocycles. The van der Waals surface area contributed by atoms with Crippen LogP contribution in [-0.4, -0.2) is 35.0 Å². The Morgan fingerprint density at radius 3 is 2.74 bits per heavy atom. The molecule has 6 atom stereocenters. The van der Waals surface area contributed by atoms with E-state index >= 15 is 0 Å². The molecular formula is C25H32O6. The lowest BCUT2D eigenvalue weighted by Gasteiger charge is -2.50. The Morgan fingerprint density at radius 2 is 2.00 bits per heavy atom. The van der Waals surface area contributed by atoms with Gasteiger partial charge in [0.05, 0.1) is 12.5 Å². The molecule has 3 fully saturated rings. The smallest absolute Gasteiger partial charge is 0.338 e. The van der Waals surface area contributed by atoms with E-state index < -0.39 is 23.8 Å². The van der Waals surface area contributed by atoms with Crippen LogP contribution in [0, 0.1) is 17.3 Å². The Hall–Kier alpha value is -1.92. The van der Waals surface area contributed by atoms with Gasteiger partial charge < -0.3 is 19.3 Å². The summed E-state index contributed by atoms with van der Waals surface area (Å²) >= 11 is 0. The Balaban J connectivity index is 1.27. The lowest BCUT2D eigenvalue weighted by Crippen LogP contribution is -2.43. The number of carbonyl (C=O) groups is 2. The minimum absolute atomic E-state index is 0.0756. The normalized spacial score (nSPS) is 38.1. The summed E-state index contributed by atoms with van der Waals surface area (Å²) in [6, 6.07) is 5.97. The summed E-state index contributed by atoms with van der Waals surface area (Å²) in [7, 11) is 0. The zero-order valence-corrected chi connectivity index (χ0v) is 18.6. The molecule has 0 amide bonds. The third kappa shape index (κ3) is 3.58. The zero-order chi connectivity index (χ0) is 22.0. The summed E-state index contributed by atoms with van der Waals surface area (Å²) in [4.78, 5) is 24.2. The summed E-state index contributed by atoms with van der Waals surface area (Å²) in [6.45, 7) is 5.58. The van der Waals surface area contributed by atoms with Crippen LogP contribution in [0.5, 0.6) is 5.75 Å². The molecule has 0 radical (unpaired) electrons. The van der Waals surface area contributed by atoms with Gasteiger partial charge in [0.1, 0.15) is 5.75 Å². The zero-order valence-electron chi connectivity index (χ0n) is 18.6. The molecule has 1 heterocycles. The average molecular weight is 429 g/mol. The molecule has 1 aliphatic heterocycles. The van der Waals surface area contributed by atoms with Crippen molar-refractivity contribution >= 4 is 11.9 Å². The molecule has 4 aliphatic rings. The van der Waals surface area contributed by atoms with E-state index in [0.717, 1.165) is 38.5 Å². The quantitative estimate of drug-likeness (QED) is 0.581. The van der Waals surface area contributed by atoms with E-state index in [-0.39, 0.29) is 17.9 Å². The second-order valence-electron chi connectivity index (χ2n) is 10.5. The highest BCUT2D eigenvalue weighted by atomic mass is 16.8. The van der Waals surface area contributed by atoms with Gasteiger partial charge in [0.15, 0.2) is 6.10 Å². The highest BCUT2D eigenvalue weighted by Gasteiger charge is 2.54. The predicted octanol–water partition coefficient (Wildman–Crippen LogP) is 3.88. The molecule has 3 aliphatic carbocycles. The molecule has 5 rings (SSSR count). The van der Waals surface area contributed by atoms with Crippen LogP contribution in [0.15, 0.2) is 18.2 Å². The lowest BCUT2D eigenvalue weighted by molar-refractivity contribution is -0.161. The summed E-state index contributed by atoms with van der Waals surface area (Å²) in [5, 5.41) is 10.6. The molecule has 0 bridgehead atoms. The number of ether oxygens (including phenoxy) is 3. The van der Waals surface area contributed by atoms with Gasteiger partial charge in [0.2, 0.25) is 5.79 Å². The van der Waals surface area contributed by atoms with Gasteiger partial charge in [-0.1, -0.05) is 13.0 Å². The number of carbonyl (C=O) groups excluding carboxylic acids is 2. The number of fused-ring (bicyclic) bond motifs is 5. The lowest BCUT2D eigenvalue weighted by atomic mass is 9.55. The molecule has 6 heteroatoms. The van der Waals surface area contributed by atoms with Crippen LogP contribution in [0.3, 0.4) is 0 Å². The number of benzene rings is 1. The van der Waals surface area contributed by atoms with Crippen molar-refractivity contribution < 1.29 is 28.9 Å². The summed E-state index contributed by atoms with van der Waals surface area (Å²) < 4.78 is 16.1. The molecule has 2 saturated carbocycles. The first-order chi connectivity index (χ1) is 14.7. The molecule has 1 saturated heterocycles. The van der Waals surface area contributed by atoms with E-state index in [9.17, 15) is 14.7 Å². The van der Waals surface area contributed by atoms with Gasteiger partial charge in [-0.3, -0.25) is 4.79 Å². The topological polar surface area (TPSA) is 82.1 Å². The van der Waals surface area contributed by atoms with E-state index in [0.29, 0.717) is 23.5 Å². The van der Waals surface area contributed by atoms with Crippen LogP contribution in [-0.2, 0) is 25.5 Å². The minimum Gasteiger partial charge on any atom is -0.432 e. The van der Waals surface area contributed by atoms with E-state index in [4.69, 9.17) is 14.2 Å². The largest absolute Gasteiger partial charge is 0.432 e. The number of cyclic esters (lactones) is 1. The Morgan fingerprint density at radius 1 is 1.19 bits per heavy atom. The van der Waals surface area contributed by atoms with Crippen LogP contribution in [0.25, 0.3) is 0 Å². The third-order valence-corrected chi connectivity index (χ3v) is 8.27. The van der Waals surface area contributed by atoms with Gasteiger partial charge in [-0.15, -0.1) is 0 Å². The first-order valence-electron chi connectivity index (χ1n) is 11.6. The number of hydrogen-bond acceptors (Lipinski definition) is 6. The molecule has 31 heavy (non-hydrogen) atoms. The number of esters is 2. The van der Waals surface area contributed by atoms with E-state index in [2.05, 4.69) is 13.0 Å². The second kappa shape index (κ2) is 7.31. The molecule has 1 aromatic carbocycles. The van der Waals surface area contributed by atoms with Gasteiger partial charge in [-0.2, -0.15) is 0 Å². The highest BCUT2D eigenvalue weighted by molar-refractivity contribution is 5.84. The summed E-state index contributed by atoms with van der Waals surface area (Å²) in [5.74, 6) is 0.246. The van der Waals surface area contributed by atoms with E-state index in [1.807, 2.05) is 12.1 Å². The van der Waals surface area contributed by atoms with Crippen LogP contribution < -0.4 is 4.74 Å². The predicted molar refractivity (Wildman–Crippen MR) is 112 cm³/mol. The average Bonchev–Trinajstić information content (AvgIpc) is 3.15.